The van der Waals surface area contributed by atoms with Crippen LogP contribution in [0.25, 0.3) is 11.0 Å². The van der Waals surface area contributed by atoms with Gasteiger partial charge < -0.3 is 15.0 Å². The lowest BCUT2D eigenvalue weighted by molar-refractivity contribution is -0.119. The van der Waals surface area contributed by atoms with Crippen LogP contribution in [0.2, 0.25) is 0 Å². The maximum atomic E-state index is 12.8. The Morgan fingerprint density at radius 1 is 1.44 bits per heavy atom. The summed E-state index contributed by atoms with van der Waals surface area (Å²) >= 11 is 3.47. The van der Waals surface area contributed by atoms with E-state index < -0.39 is 5.54 Å². The van der Waals surface area contributed by atoms with Crippen LogP contribution in [0.1, 0.15) is 12.6 Å². The summed E-state index contributed by atoms with van der Waals surface area (Å²) in [6.07, 6.45) is 1.66. The Labute approximate surface area is 151 Å². The molecule has 0 spiro atoms. The zero-order chi connectivity index (χ0) is 17.6. The Morgan fingerprint density at radius 3 is 3.00 bits per heavy atom. The second-order valence-corrected chi connectivity index (χ2v) is 6.84. The maximum Gasteiger partial charge on any atom is 0.327 e. The van der Waals surface area contributed by atoms with Gasteiger partial charge in [-0.05, 0) is 40.2 Å². The van der Waals surface area contributed by atoms with Crippen LogP contribution in [0.3, 0.4) is 0 Å². The summed E-state index contributed by atoms with van der Waals surface area (Å²) in [5.74, 6) is 0.417. The molecular weight excluding hydrogens is 388 g/mol. The van der Waals surface area contributed by atoms with E-state index >= 15 is 0 Å². The number of hydrogen-bond donors (Lipinski definition) is 2. The summed E-state index contributed by atoms with van der Waals surface area (Å²) in [5, 5.41) is 2.82. The third-order valence-electron chi connectivity index (χ3n) is 4.41. The molecule has 1 aliphatic rings. The summed E-state index contributed by atoms with van der Waals surface area (Å²) in [6, 6.07) is 9.14. The number of halogens is 1. The average molecular weight is 403 g/mol. The fourth-order valence-electron chi connectivity index (χ4n) is 3.26. The Kier molecular flexibility index (Phi) is 3.64. The molecule has 1 aliphatic heterocycles. The second-order valence-electron chi connectivity index (χ2n) is 5.98. The molecule has 2 N–H and O–H groups in total. The highest BCUT2D eigenvalue weighted by molar-refractivity contribution is 9.10. The summed E-state index contributed by atoms with van der Waals surface area (Å²) in [4.78, 5) is 31.7. The van der Waals surface area contributed by atoms with Gasteiger partial charge in [0.1, 0.15) is 17.7 Å². The minimum Gasteiger partial charge on any atom is -0.487 e. The number of amides is 1. The van der Waals surface area contributed by atoms with E-state index in [4.69, 9.17) is 4.74 Å². The van der Waals surface area contributed by atoms with Crippen LogP contribution in [0.15, 0.2) is 45.8 Å². The van der Waals surface area contributed by atoms with Crippen LogP contribution >= 0.6 is 15.9 Å². The molecule has 4 rings (SSSR count). The van der Waals surface area contributed by atoms with Crippen molar-refractivity contribution in [3.8, 4) is 5.75 Å². The molecule has 8 heteroatoms. The number of benzene rings is 1. The van der Waals surface area contributed by atoms with Crippen LogP contribution in [-0.2, 0) is 10.3 Å². The number of ether oxygens (including phenoxy) is 1. The van der Waals surface area contributed by atoms with Gasteiger partial charge in [0, 0.05) is 13.1 Å². The number of rotatable bonds is 3. The number of aromatic amines is 1. The molecule has 1 unspecified atom stereocenters. The molecule has 0 bridgehead atoms. The first kappa shape index (κ1) is 15.9. The molecule has 0 saturated carbocycles. The molecule has 0 saturated heterocycles. The number of carbonyl (C=O) groups is 1. The quantitative estimate of drug-likeness (QED) is 0.698. The van der Waals surface area contributed by atoms with Gasteiger partial charge in [0.25, 0.3) is 0 Å². The molecule has 1 aromatic carbocycles. The zero-order valence-electron chi connectivity index (χ0n) is 13.4. The van der Waals surface area contributed by atoms with Gasteiger partial charge in [-0.2, -0.15) is 0 Å². The fourth-order valence-corrected chi connectivity index (χ4v) is 3.70. The Morgan fingerprint density at radius 2 is 2.28 bits per heavy atom. The third-order valence-corrected chi connectivity index (χ3v) is 5.03. The number of pyridine rings is 1. The Hall–Kier alpha value is -2.61. The van der Waals surface area contributed by atoms with Crippen LogP contribution in [0, 0.1) is 0 Å². The zero-order valence-corrected chi connectivity index (χ0v) is 15.0. The van der Waals surface area contributed by atoms with E-state index in [1.165, 1.54) is 6.92 Å². The van der Waals surface area contributed by atoms with E-state index in [9.17, 15) is 9.59 Å². The van der Waals surface area contributed by atoms with E-state index in [1.807, 2.05) is 24.3 Å². The Balaban J connectivity index is 2.04. The number of aromatic nitrogens is 3. The van der Waals surface area contributed by atoms with E-state index in [0.29, 0.717) is 22.5 Å². The van der Waals surface area contributed by atoms with Gasteiger partial charge in [-0.25, -0.2) is 4.79 Å². The van der Waals surface area contributed by atoms with Gasteiger partial charge in [-0.1, -0.05) is 6.07 Å². The monoisotopic (exact) mass is 402 g/mol. The SMILES string of the molecule is CC(=O)NCC1(c2ccccn2)COc2c(Br)ccc3[nH]c(=O)n1c23. The van der Waals surface area contributed by atoms with Crippen molar-refractivity contribution in [3.05, 3.63) is 57.2 Å². The molecule has 0 fully saturated rings. The van der Waals surface area contributed by atoms with Crippen LogP contribution < -0.4 is 15.7 Å². The predicted molar refractivity (Wildman–Crippen MR) is 95.8 cm³/mol. The highest BCUT2D eigenvalue weighted by Gasteiger charge is 2.43. The largest absolute Gasteiger partial charge is 0.487 e. The van der Waals surface area contributed by atoms with E-state index in [2.05, 4.69) is 31.2 Å². The van der Waals surface area contributed by atoms with Gasteiger partial charge in [0.05, 0.1) is 22.2 Å². The van der Waals surface area contributed by atoms with Crippen molar-refractivity contribution < 1.29 is 9.53 Å². The van der Waals surface area contributed by atoms with Crippen LogP contribution in [-0.4, -0.2) is 33.6 Å². The summed E-state index contributed by atoms with van der Waals surface area (Å²) < 4.78 is 8.43. The maximum absolute atomic E-state index is 12.8. The Bertz CT molecular complexity index is 1030. The number of hydrogen-bond acceptors (Lipinski definition) is 4. The highest BCUT2D eigenvalue weighted by atomic mass is 79.9. The number of carbonyl (C=O) groups excluding carboxylic acids is 1. The molecule has 3 heterocycles. The molecular formula is C17H15BrN4O3. The molecule has 1 amide bonds. The summed E-state index contributed by atoms with van der Waals surface area (Å²) in [7, 11) is 0. The molecule has 25 heavy (non-hydrogen) atoms. The van der Waals surface area contributed by atoms with Gasteiger partial charge in [0.15, 0.2) is 5.75 Å². The van der Waals surface area contributed by atoms with Gasteiger partial charge in [-0.3, -0.25) is 14.3 Å². The standard InChI is InChI=1S/C17H15BrN4O3/c1-10(23)20-8-17(13-4-2-3-7-19-13)9-25-15-11(18)5-6-12-14(15)22(17)16(24)21-12/h2-7H,8-9H2,1H3,(H,20,23)(H,21,24). The van der Waals surface area contributed by atoms with Gasteiger partial charge in [-0.15, -0.1) is 0 Å². The van der Waals surface area contributed by atoms with Gasteiger partial charge >= 0.3 is 5.69 Å². The van der Waals surface area contributed by atoms with Crippen molar-refractivity contribution >= 4 is 32.9 Å². The van der Waals surface area contributed by atoms with Gasteiger partial charge in [0.2, 0.25) is 5.91 Å². The third kappa shape index (κ3) is 2.36. The van der Waals surface area contributed by atoms with Crippen molar-refractivity contribution in [2.45, 2.75) is 12.5 Å². The van der Waals surface area contributed by atoms with E-state index in [0.717, 1.165) is 4.47 Å². The smallest absolute Gasteiger partial charge is 0.327 e. The van der Waals surface area contributed by atoms with E-state index in [1.54, 1.807) is 16.8 Å². The normalized spacial score (nSPS) is 18.8. The highest BCUT2D eigenvalue weighted by Crippen LogP contribution is 2.40. The first-order chi connectivity index (χ1) is 12.0. The number of H-pyrrole nitrogens is 1. The number of nitrogens with one attached hydrogen (secondary N) is 2. The van der Waals surface area contributed by atoms with Crippen LogP contribution in [0.5, 0.6) is 5.75 Å². The molecule has 0 radical (unpaired) electrons. The summed E-state index contributed by atoms with van der Waals surface area (Å²) in [6.45, 7) is 1.81. The predicted octanol–water partition coefficient (Wildman–Crippen LogP) is 1.76. The molecule has 128 valence electrons. The molecule has 1 atom stereocenters. The lowest BCUT2D eigenvalue weighted by Crippen LogP contribution is -2.55. The molecule has 3 aromatic rings. The minimum absolute atomic E-state index is 0.173. The first-order valence-corrected chi connectivity index (χ1v) is 8.55. The van der Waals surface area contributed by atoms with Crippen molar-refractivity contribution in [1.29, 1.82) is 0 Å². The minimum atomic E-state index is -0.934. The second kappa shape index (κ2) is 5.73. The van der Waals surface area contributed by atoms with Crippen LogP contribution in [0.4, 0.5) is 0 Å². The molecule has 7 nitrogen and oxygen atoms in total. The summed E-state index contributed by atoms with van der Waals surface area (Å²) in [5.41, 5.74) is 0.773. The van der Waals surface area contributed by atoms with Crippen molar-refractivity contribution in [3.63, 3.8) is 0 Å². The lowest BCUT2D eigenvalue weighted by Gasteiger charge is -2.38. The molecule has 2 aromatic heterocycles. The van der Waals surface area contributed by atoms with Crippen molar-refractivity contribution in [2.24, 2.45) is 0 Å². The van der Waals surface area contributed by atoms with E-state index in [-0.39, 0.29) is 24.7 Å². The number of nitrogens with zero attached hydrogens (tertiary/aromatic N) is 2. The van der Waals surface area contributed by atoms with Crippen molar-refractivity contribution in [2.75, 3.05) is 13.2 Å². The average Bonchev–Trinajstić information content (AvgIpc) is 2.96. The first-order valence-electron chi connectivity index (χ1n) is 7.75. The topological polar surface area (TPSA) is 89.0 Å². The molecule has 0 aliphatic carbocycles. The fraction of sp³-hybridized carbons (Fsp3) is 0.235. The lowest BCUT2D eigenvalue weighted by atomic mass is 9.93. The number of imidazole rings is 1. The van der Waals surface area contributed by atoms with Crippen molar-refractivity contribution in [1.82, 2.24) is 19.9 Å².